The Bertz CT molecular complexity index is 446. The quantitative estimate of drug-likeness (QED) is 0.736. The van der Waals surface area contributed by atoms with Crippen LogP contribution >= 0.6 is 11.8 Å². The van der Waals surface area contributed by atoms with Gasteiger partial charge in [-0.1, -0.05) is 30.3 Å². The van der Waals surface area contributed by atoms with Gasteiger partial charge >= 0.3 is 0 Å². The fraction of sp³-hybridized carbons (Fsp3) is 0.200. The van der Waals surface area contributed by atoms with Crippen molar-refractivity contribution in [3.05, 3.63) is 40.1 Å². The van der Waals surface area contributed by atoms with E-state index in [-0.39, 0.29) is 5.75 Å². The van der Waals surface area contributed by atoms with Crippen molar-refractivity contribution in [3.8, 4) is 0 Å². The van der Waals surface area contributed by atoms with Gasteiger partial charge in [0.05, 0.1) is 5.75 Å². The second kappa shape index (κ2) is 3.79. The van der Waals surface area contributed by atoms with Crippen LogP contribution in [-0.4, -0.2) is 19.9 Å². The summed E-state index contributed by atoms with van der Waals surface area (Å²) in [6, 6.07) is 9.53. The predicted molar refractivity (Wildman–Crippen MR) is 60.7 cm³/mol. The highest BCUT2D eigenvalue weighted by atomic mass is 32.3. The fourth-order valence-corrected chi connectivity index (χ4v) is 4.63. The fourth-order valence-electron chi connectivity index (χ4n) is 1.26. The topological polar surface area (TPSA) is 34.1 Å². The lowest BCUT2D eigenvalue weighted by Crippen LogP contribution is -1.98. The maximum atomic E-state index is 11.5. The lowest BCUT2D eigenvalue weighted by Gasteiger charge is -1.96. The van der Waals surface area contributed by atoms with Crippen LogP contribution in [0.15, 0.2) is 34.6 Å². The highest BCUT2D eigenvalue weighted by Crippen LogP contribution is 2.32. The Kier molecular flexibility index (Phi) is 2.65. The SMILES string of the molecule is O=S1(=O)CCS/C1=C\c1ccccc1. The molecule has 1 heterocycles. The van der Waals surface area contributed by atoms with Crippen LogP contribution in [0.25, 0.3) is 6.08 Å². The molecule has 0 spiro atoms. The molecular formula is C10H10O2S2. The molecule has 0 aromatic heterocycles. The molecule has 1 aromatic carbocycles. The maximum Gasteiger partial charge on any atom is 0.185 e. The summed E-state index contributed by atoms with van der Waals surface area (Å²) in [4.78, 5) is 0. The van der Waals surface area contributed by atoms with Gasteiger partial charge in [0.1, 0.15) is 4.24 Å². The third-order valence-electron chi connectivity index (χ3n) is 1.99. The highest BCUT2D eigenvalue weighted by molar-refractivity contribution is 8.21. The van der Waals surface area contributed by atoms with Crippen molar-refractivity contribution in [2.75, 3.05) is 11.5 Å². The lowest BCUT2D eigenvalue weighted by molar-refractivity contribution is 0.606. The summed E-state index contributed by atoms with van der Waals surface area (Å²) in [7, 11) is -2.96. The largest absolute Gasteiger partial charge is 0.223 e. The molecule has 2 nitrogen and oxygen atoms in total. The van der Waals surface area contributed by atoms with Gasteiger partial charge in [0.2, 0.25) is 0 Å². The summed E-state index contributed by atoms with van der Waals surface area (Å²) < 4.78 is 23.5. The molecule has 0 amide bonds. The number of benzene rings is 1. The van der Waals surface area contributed by atoms with Crippen molar-refractivity contribution < 1.29 is 8.42 Å². The smallest absolute Gasteiger partial charge is 0.185 e. The molecule has 0 N–H and O–H groups in total. The molecule has 74 valence electrons. The van der Waals surface area contributed by atoms with Crippen LogP contribution < -0.4 is 0 Å². The molecule has 1 fully saturated rings. The van der Waals surface area contributed by atoms with E-state index in [9.17, 15) is 8.42 Å². The van der Waals surface area contributed by atoms with E-state index in [1.165, 1.54) is 11.8 Å². The second-order valence-electron chi connectivity index (χ2n) is 3.04. The van der Waals surface area contributed by atoms with Gasteiger partial charge in [-0.15, -0.1) is 11.8 Å². The Labute approximate surface area is 87.9 Å². The van der Waals surface area contributed by atoms with Crippen molar-refractivity contribution in [1.29, 1.82) is 0 Å². The summed E-state index contributed by atoms with van der Waals surface area (Å²) in [5.74, 6) is 0.956. The minimum Gasteiger partial charge on any atom is -0.223 e. The Morgan fingerprint density at radius 2 is 1.93 bits per heavy atom. The van der Waals surface area contributed by atoms with Crippen LogP contribution in [0.5, 0.6) is 0 Å². The van der Waals surface area contributed by atoms with Crippen molar-refractivity contribution in [2.24, 2.45) is 0 Å². The first-order valence-corrected chi connectivity index (χ1v) is 6.94. The first-order chi connectivity index (χ1) is 6.68. The third kappa shape index (κ3) is 2.01. The maximum absolute atomic E-state index is 11.5. The average molecular weight is 226 g/mol. The Hall–Kier alpha value is -0.740. The Balaban J connectivity index is 2.37. The van der Waals surface area contributed by atoms with E-state index in [1.807, 2.05) is 30.3 Å². The second-order valence-corrected chi connectivity index (χ2v) is 6.51. The van der Waals surface area contributed by atoms with Gasteiger partial charge in [-0.05, 0) is 11.6 Å². The minimum absolute atomic E-state index is 0.274. The number of rotatable bonds is 1. The average Bonchev–Trinajstić information content (AvgIpc) is 2.48. The number of hydrogen-bond donors (Lipinski definition) is 0. The molecular weight excluding hydrogens is 216 g/mol. The molecule has 0 saturated carbocycles. The molecule has 1 saturated heterocycles. The standard InChI is InChI=1S/C10H10O2S2/c11-14(12)7-6-13-10(14)8-9-4-2-1-3-5-9/h1-5,8H,6-7H2/b10-8+. The van der Waals surface area contributed by atoms with Gasteiger partial charge < -0.3 is 0 Å². The van der Waals surface area contributed by atoms with E-state index in [2.05, 4.69) is 0 Å². The predicted octanol–water partition coefficient (Wildman–Crippen LogP) is 2.15. The van der Waals surface area contributed by atoms with E-state index in [4.69, 9.17) is 0 Å². The van der Waals surface area contributed by atoms with Gasteiger partial charge in [-0.2, -0.15) is 0 Å². The normalized spacial score (nSPS) is 22.7. The van der Waals surface area contributed by atoms with Gasteiger partial charge in [0.25, 0.3) is 0 Å². The van der Waals surface area contributed by atoms with E-state index < -0.39 is 9.84 Å². The van der Waals surface area contributed by atoms with Crippen molar-refractivity contribution in [2.45, 2.75) is 0 Å². The van der Waals surface area contributed by atoms with E-state index >= 15 is 0 Å². The minimum atomic E-state index is -2.96. The van der Waals surface area contributed by atoms with Crippen LogP contribution in [0.3, 0.4) is 0 Å². The van der Waals surface area contributed by atoms with E-state index in [0.29, 0.717) is 9.99 Å². The molecule has 0 radical (unpaired) electrons. The zero-order valence-electron chi connectivity index (χ0n) is 7.51. The molecule has 1 aromatic rings. The zero-order valence-corrected chi connectivity index (χ0v) is 9.14. The van der Waals surface area contributed by atoms with Crippen molar-refractivity contribution in [1.82, 2.24) is 0 Å². The van der Waals surface area contributed by atoms with Gasteiger partial charge in [-0.3, -0.25) is 0 Å². The molecule has 14 heavy (non-hydrogen) atoms. The molecule has 0 bridgehead atoms. The Morgan fingerprint density at radius 3 is 2.50 bits per heavy atom. The number of sulfone groups is 1. The molecule has 1 aliphatic heterocycles. The van der Waals surface area contributed by atoms with Crippen LogP contribution in [0.2, 0.25) is 0 Å². The van der Waals surface area contributed by atoms with Crippen LogP contribution in [0, 0.1) is 0 Å². The van der Waals surface area contributed by atoms with Gasteiger partial charge in [0, 0.05) is 5.75 Å². The summed E-state index contributed by atoms with van der Waals surface area (Å²) >= 11 is 1.42. The number of hydrogen-bond acceptors (Lipinski definition) is 3. The van der Waals surface area contributed by atoms with E-state index in [1.54, 1.807) is 6.08 Å². The van der Waals surface area contributed by atoms with E-state index in [0.717, 1.165) is 5.56 Å². The molecule has 0 atom stereocenters. The van der Waals surface area contributed by atoms with Crippen molar-refractivity contribution in [3.63, 3.8) is 0 Å². The molecule has 1 aliphatic rings. The molecule has 4 heteroatoms. The zero-order chi connectivity index (χ0) is 10.0. The highest BCUT2D eigenvalue weighted by Gasteiger charge is 2.24. The van der Waals surface area contributed by atoms with Crippen LogP contribution in [-0.2, 0) is 9.84 Å². The van der Waals surface area contributed by atoms with Crippen LogP contribution in [0.1, 0.15) is 5.56 Å². The molecule has 2 rings (SSSR count). The third-order valence-corrected chi connectivity index (χ3v) is 5.64. The first kappa shape index (κ1) is 9.80. The lowest BCUT2D eigenvalue weighted by atomic mass is 10.2. The summed E-state index contributed by atoms with van der Waals surface area (Å²) in [6.45, 7) is 0. The summed E-state index contributed by atoms with van der Waals surface area (Å²) in [5.41, 5.74) is 0.945. The monoisotopic (exact) mass is 226 g/mol. The summed E-state index contributed by atoms with van der Waals surface area (Å²) in [5, 5.41) is 0. The van der Waals surface area contributed by atoms with Gasteiger partial charge in [-0.25, -0.2) is 8.42 Å². The Morgan fingerprint density at radius 1 is 1.21 bits per heavy atom. The molecule has 0 unspecified atom stereocenters. The summed E-state index contributed by atoms with van der Waals surface area (Å²) in [6.07, 6.45) is 1.74. The molecule has 0 aliphatic carbocycles. The van der Waals surface area contributed by atoms with Gasteiger partial charge in [0.15, 0.2) is 9.84 Å². The van der Waals surface area contributed by atoms with Crippen LogP contribution in [0.4, 0.5) is 0 Å². The number of thioether (sulfide) groups is 1. The first-order valence-electron chi connectivity index (χ1n) is 4.31. The van der Waals surface area contributed by atoms with Crippen molar-refractivity contribution >= 4 is 27.7 Å².